The second kappa shape index (κ2) is 7.09. The summed E-state index contributed by atoms with van der Waals surface area (Å²) in [7, 11) is 0. The van der Waals surface area contributed by atoms with Gasteiger partial charge in [-0.15, -0.1) is 0 Å². The topological polar surface area (TPSA) is 40.6 Å². The summed E-state index contributed by atoms with van der Waals surface area (Å²) in [5, 5.41) is 0. The first-order chi connectivity index (χ1) is 12.0. The van der Waals surface area contributed by atoms with Gasteiger partial charge < -0.3 is 9.80 Å². The molecule has 0 spiro atoms. The molecule has 0 radical (unpaired) electrons. The molecule has 0 aliphatic carbocycles. The fourth-order valence-corrected chi connectivity index (χ4v) is 3.58. The minimum atomic E-state index is -0.240. The lowest BCUT2D eigenvalue weighted by Gasteiger charge is -2.36. The van der Waals surface area contributed by atoms with Crippen molar-refractivity contribution >= 4 is 11.8 Å². The van der Waals surface area contributed by atoms with Crippen molar-refractivity contribution in [3.05, 3.63) is 71.8 Å². The van der Waals surface area contributed by atoms with E-state index in [0.29, 0.717) is 5.56 Å². The molecule has 25 heavy (non-hydrogen) atoms. The lowest BCUT2D eigenvalue weighted by molar-refractivity contribution is -0.130. The van der Waals surface area contributed by atoms with E-state index in [1.807, 2.05) is 60.4 Å². The monoisotopic (exact) mass is 336 g/mol. The number of hydrogen-bond acceptors (Lipinski definition) is 2. The van der Waals surface area contributed by atoms with Gasteiger partial charge in [0.25, 0.3) is 5.91 Å². The summed E-state index contributed by atoms with van der Waals surface area (Å²) in [4.78, 5) is 29.3. The van der Waals surface area contributed by atoms with Crippen LogP contribution < -0.4 is 0 Å². The molecule has 1 heterocycles. The highest BCUT2D eigenvalue weighted by atomic mass is 16.2. The quantitative estimate of drug-likeness (QED) is 0.854. The van der Waals surface area contributed by atoms with E-state index in [4.69, 9.17) is 0 Å². The highest BCUT2D eigenvalue weighted by Gasteiger charge is 2.44. The Morgan fingerprint density at radius 2 is 1.52 bits per heavy atom. The van der Waals surface area contributed by atoms with E-state index >= 15 is 0 Å². The summed E-state index contributed by atoms with van der Waals surface area (Å²) in [6.07, 6.45) is -0.240. The Bertz CT molecular complexity index is 743. The molecule has 0 unspecified atom stereocenters. The molecule has 1 aliphatic rings. The van der Waals surface area contributed by atoms with Gasteiger partial charge in [0.05, 0.1) is 6.04 Å². The zero-order chi connectivity index (χ0) is 18.0. The maximum atomic E-state index is 13.0. The molecule has 130 valence electrons. The Labute approximate surface area is 149 Å². The van der Waals surface area contributed by atoms with E-state index in [-0.39, 0.29) is 36.5 Å². The van der Waals surface area contributed by atoms with Gasteiger partial charge in [0.1, 0.15) is 12.7 Å². The number of rotatable bonds is 4. The molecule has 2 atom stereocenters. The molecule has 1 fully saturated rings. The number of benzene rings is 2. The Morgan fingerprint density at radius 1 is 0.960 bits per heavy atom. The summed E-state index contributed by atoms with van der Waals surface area (Å²) in [5.74, 6) is 0.0556. The Hall–Kier alpha value is -2.62. The van der Waals surface area contributed by atoms with E-state index in [2.05, 4.69) is 13.8 Å². The standard InChI is InChI=1S/C21H24N2O2/c1-15(2)20-22(21(25)18-12-8-5-9-13-18)14-19(24)23(20)16(3)17-10-6-4-7-11-17/h4-13,15-16,20H,14H2,1-3H3/t16-,20-/m1/s1. The van der Waals surface area contributed by atoms with Crippen LogP contribution in [0.4, 0.5) is 0 Å². The molecule has 0 aromatic heterocycles. The summed E-state index contributed by atoms with van der Waals surface area (Å²) in [6, 6.07) is 19.1. The average Bonchev–Trinajstić information content (AvgIpc) is 2.99. The normalized spacial score (nSPS) is 18.7. The average molecular weight is 336 g/mol. The van der Waals surface area contributed by atoms with E-state index in [1.165, 1.54) is 0 Å². The van der Waals surface area contributed by atoms with Crippen LogP contribution in [0.15, 0.2) is 60.7 Å². The SMILES string of the molecule is CC(C)[C@@H]1N(C(=O)c2ccccc2)CC(=O)N1[C@H](C)c1ccccc1. The van der Waals surface area contributed by atoms with Crippen molar-refractivity contribution < 1.29 is 9.59 Å². The molecule has 4 nitrogen and oxygen atoms in total. The van der Waals surface area contributed by atoms with Crippen molar-refractivity contribution in [3.63, 3.8) is 0 Å². The van der Waals surface area contributed by atoms with Crippen molar-refractivity contribution in [2.45, 2.75) is 33.0 Å². The van der Waals surface area contributed by atoms with Crippen LogP contribution in [0.25, 0.3) is 0 Å². The zero-order valence-electron chi connectivity index (χ0n) is 14.9. The predicted molar refractivity (Wildman–Crippen MR) is 97.8 cm³/mol. The van der Waals surface area contributed by atoms with Crippen molar-refractivity contribution in [1.82, 2.24) is 9.80 Å². The van der Waals surface area contributed by atoms with Gasteiger partial charge in [-0.2, -0.15) is 0 Å². The van der Waals surface area contributed by atoms with Crippen LogP contribution in [0, 0.1) is 5.92 Å². The van der Waals surface area contributed by atoms with E-state index < -0.39 is 0 Å². The van der Waals surface area contributed by atoms with Crippen LogP contribution in [0.5, 0.6) is 0 Å². The van der Waals surface area contributed by atoms with Gasteiger partial charge in [-0.05, 0) is 30.5 Å². The van der Waals surface area contributed by atoms with Crippen LogP contribution in [0.2, 0.25) is 0 Å². The fourth-order valence-electron chi connectivity index (χ4n) is 3.58. The van der Waals surface area contributed by atoms with Crippen LogP contribution >= 0.6 is 0 Å². The lowest BCUT2D eigenvalue weighted by atomic mass is 10.0. The number of carbonyl (C=O) groups is 2. The van der Waals surface area contributed by atoms with Crippen molar-refractivity contribution in [3.8, 4) is 0 Å². The third-order valence-electron chi connectivity index (χ3n) is 4.78. The first-order valence-electron chi connectivity index (χ1n) is 8.73. The molecule has 4 heteroatoms. The Kier molecular flexibility index (Phi) is 4.88. The second-order valence-electron chi connectivity index (χ2n) is 6.84. The molecule has 2 amide bonds. The Balaban J connectivity index is 1.92. The largest absolute Gasteiger partial charge is 0.314 e. The van der Waals surface area contributed by atoms with Crippen molar-refractivity contribution in [2.75, 3.05) is 6.54 Å². The van der Waals surface area contributed by atoms with Gasteiger partial charge in [-0.25, -0.2) is 0 Å². The first-order valence-corrected chi connectivity index (χ1v) is 8.73. The molecule has 0 N–H and O–H groups in total. The number of nitrogens with zero attached hydrogens (tertiary/aromatic N) is 2. The number of carbonyl (C=O) groups excluding carboxylic acids is 2. The molecule has 0 bridgehead atoms. The third kappa shape index (κ3) is 3.29. The minimum Gasteiger partial charge on any atom is -0.314 e. The van der Waals surface area contributed by atoms with Gasteiger partial charge >= 0.3 is 0 Å². The smallest absolute Gasteiger partial charge is 0.255 e. The van der Waals surface area contributed by atoms with E-state index in [1.54, 1.807) is 17.0 Å². The number of amides is 2. The highest BCUT2D eigenvalue weighted by molar-refractivity contribution is 5.98. The molecule has 0 saturated carbocycles. The zero-order valence-corrected chi connectivity index (χ0v) is 14.9. The van der Waals surface area contributed by atoms with Crippen molar-refractivity contribution in [1.29, 1.82) is 0 Å². The number of hydrogen-bond donors (Lipinski definition) is 0. The second-order valence-corrected chi connectivity index (χ2v) is 6.84. The van der Waals surface area contributed by atoms with Gasteiger partial charge in [-0.3, -0.25) is 9.59 Å². The molecular formula is C21H24N2O2. The van der Waals surface area contributed by atoms with Crippen LogP contribution in [-0.4, -0.2) is 34.3 Å². The first kappa shape index (κ1) is 17.2. The Morgan fingerprint density at radius 3 is 2.08 bits per heavy atom. The summed E-state index contributed by atoms with van der Waals surface area (Å²) in [6.45, 7) is 6.27. The molecule has 2 aromatic carbocycles. The summed E-state index contributed by atoms with van der Waals surface area (Å²) >= 11 is 0. The summed E-state index contributed by atoms with van der Waals surface area (Å²) < 4.78 is 0. The van der Waals surface area contributed by atoms with Crippen LogP contribution in [-0.2, 0) is 4.79 Å². The maximum Gasteiger partial charge on any atom is 0.255 e. The molecule has 2 aromatic rings. The predicted octanol–water partition coefficient (Wildman–Crippen LogP) is 3.71. The summed E-state index contributed by atoms with van der Waals surface area (Å²) in [5.41, 5.74) is 1.70. The van der Waals surface area contributed by atoms with Gasteiger partial charge in [0, 0.05) is 5.56 Å². The van der Waals surface area contributed by atoms with Gasteiger partial charge in [-0.1, -0.05) is 62.4 Å². The highest BCUT2D eigenvalue weighted by Crippen LogP contribution is 2.32. The third-order valence-corrected chi connectivity index (χ3v) is 4.78. The molecular weight excluding hydrogens is 312 g/mol. The molecule has 1 saturated heterocycles. The van der Waals surface area contributed by atoms with Crippen LogP contribution in [0.1, 0.15) is 42.7 Å². The van der Waals surface area contributed by atoms with E-state index in [0.717, 1.165) is 5.56 Å². The minimum absolute atomic E-state index is 0.000616. The lowest BCUT2D eigenvalue weighted by Crippen LogP contribution is -2.46. The molecule has 1 aliphatic heterocycles. The maximum absolute atomic E-state index is 13.0. The fraction of sp³-hybridized carbons (Fsp3) is 0.333. The van der Waals surface area contributed by atoms with Gasteiger partial charge in [0.15, 0.2) is 0 Å². The van der Waals surface area contributed by atoms with Crippen LogP contribution in [0.3, 0.4) is 0 Å². The molecule has 3 rings (SSSR count). The van der Waals surface area contributed by atoms with E-state index in [9.17, 15) is 9.59 Å². The van der Waals surface area contributed by atoms with Gasteiger partial charge in [0.2, 0.25) is 5.91 Å². The van der Waals surface area contributed by atoms with Crippen molar-refractivity contribution in [2.24, 2.45) is 5.92 Å².